The van der Waals surface area contributed by atoms with Crippen molar-refractivity contribution in [3.8, 4) is 0 Å². The predicted octanol–water partition coefficient (Wildman–Crippen LogP) is 14.9. The van der Waals surface area contributed by atoms with Crippen LogP contribution in [0, 0.1) is 0 Å². The molecule has 0 aliphatic heterocycles. The molecule has 0 spiro atoms. The Kier molecular flexibility index (Phi) is 42.6. The van der Waals surface area contributed by atoms with Crippen molar-refractivity contribution in [1.82, 2.24) is 0 Å². The molecule has 0 saturated carbocycles. The van der Waals surface area contributed by atoms with Crippen LogP contribution < -0.4 is 0 Å². The van der Waals surface area contributed by atoms with Gasteiger partial charge in [-0.3, -0.25) is 14.4 Å². The fraction of sp³-hybridized carbons (Fsp3) is 0.667. The molecule has 0 fully saturated rings. The number of allylic oxidation sites excluding steroid dienone is 14. The van der Waals surface area contributed by atoms with Gasteiger partial charge in [-0.2, -0.15) is 0 Å². The van der Waals surface area contributed by atoms with Crippen LogP contribution >= 0.6 is 0 Å². The van der Waals surface area contributed by atoms with Gasteiger partial charge in [0.1, 0.15) is 13.2 Å². The van der Waals surface area contributed by atoms with Crippen molar-refractivity contribution in [3.05, 3.63) is 85.1 Å². The number of carbonyl (C=O) groups excluding carboxylic acids is 3. The lowest BCUT2D eigenvalue weighted by Crippen LogP contribution is -2.30. The van der Waals surface area contributed by atoms with E-state index in [-0.39, 0.29) is 31.1 Å². The molecule has 1 atom stereocenters. The fourth-order valence-electron chi connectivity index (χ4n) is 6.09. The Hall–Kier alpha value is -3.41. The molecule has 0 bridgehead atoms. The van der Waals surface area contributed by atoms with Crippen LogP contribution in [0.2, 0.25) is 0 Å². The Morgan fingerprint density at radius 3 is 1.28 bits per heavy atom. The van der Waals surface area contributed by atoms with Crippen molar-refractivity contribution in [2.24, 2.45) is 0 Å². The minimum Gasteiger partial charge on any atom is -0.462 e. The first kappa shape index (κ1) is 53.6. The molecule has 0 heterocycles. The minimum absolute atomic E-state index is 0.0934. The van der Waals surface area contributed by atoms with Gasteiger partial charge < -0.3 is 14.2 Å². The van der Waals surface area contributed by atoms with Crippen LogP contribution in [0.4, 0.5) is 0 Å². The highest BCUT2D eigenvalue weighted by molar-refractivity contribution is 5.71. The van der Waals surface area contributed by atoms with Crippen molar-refractivity contribution in [2.45, 2.75) is 207 Å². The number of ether oxygens (including phenoxy) is 3. The van der Waals surface area contributed by atoms with E-state index in [1.807, 2.05) is 48.6 Å². The zero-order valence-corrected chi connectivity index (χ0v) is 36.8. The molecule has 0 radical (unpaired) electrons. The quantitative estimate of drug-likeness (QED) is 0.0202. The minimum atomic E-state index is -0.795. The summed E-state index contributed by atoms with van der Waals surface area (Å²) in [6.07, 6.45) is 57.0. The molecule has 57 heavy (non-hydrogen) atoms. The largest absolute Gasteiger partial charge is 0.462 e. The van der Waals surface area contributed by atoms with Crippen molar-refractivity contribution in [2.75, 3.05) is 13.2 Å². The van der Waals surface area contributed by atoms with Crippen LogP contribution in [-0.2, 0) is 28.6 Å². The molecule has 324 valence electrons. The first-order valence-electron chi connectivity index (χ1n) is 23.2. The maximum atomic E-state index is 12.7. The molecule has 0 amide bonds. The zero-order valence-electron chi connectivity index (χ0n) is 36.8. The number of rotatable bonds is 40. The van der Waals surface area contributed by atoms with Gasteiger partial charge in [-0.25, -0.2) is 0 Å². The van der Waals surface area contributed by atoms with E-state index in [2.05, 4.69) is 57.2 Å². The van der Waals surface area contributed by atoms with Gasteiger partial charge in [-0.15, -0.1) is 0 Å². The van der Waals surface area contributed by atoms with E-state index in [4.69, 9.17) is 14.2 Å². The Morgan fingerprint density at radius 2 is 0.772 bits per heavy atom. The van der Waals surface area contributed by atoms with Crippen LogP contribution in [0.25, 0.3) is 0 Å². The molecule has 0 aliphatic rings. The Bertz CT molecular complexity index is 1140. The van der Waals surface area contributed by atoms with Gasteiger partial charge in [0.15, 0.2) is 6.10 Å². The summed E-state index contributed by atoms with van der Waals surface area (Å²) in [6.45, 7) is 6.31. The van der Waals surface area contributed by atoms with E-state index >= 15 is 0 Å². The van der Waals surface area contributed by atoms with Gasteiger partial charge in [0.05, 0.1) is 0 Å². The lowest BCUT2D eigenvalue weighted by Gasteiger charge is -2.18. The average Bonchev–Trinajstić information content (AvgIpc) is 3.21. The summed E-state index contributed by atoms with van der Waals surface area (Å²) >= 11 is 0. The maximum Gasteiger partial charge on any atom is 0.306 e. The molecule has 0 rings (SSSR count). The van der Waals surface area contributed by atoms with E-state index in [1.165, 1.54) is 70.6 Å². The first-order valence-corrected chi connectivity index (χ1v) is 23.2. The maximum absolute atomic E-state index is 12.7. The molecule has 0 aromatic heterocycles. The molecule has 0 saturated heterocycles. The molecular weight excluding hydrogens is 709 g/mol. The number of carbonyl (C=O) groups is 3. The summed E-state index contributed by atoms with van der Waals surface area (Å²) in [5.41, 5.74) is 0. The average molecular weight is 793 g/mol. The summed E-state index contributed by atoms with van der Waals surface area (Å²) in [5, 5.41) is 0. The van der Waals surface area contributed by atoms with E-state index in [9.17, 15) is 14.4 Å². The molecule has 0 aliphatic carbocycles. The number of esters is 3. The second-order valence-electron chi connectivity index (χ2n) is 15.0. The molecule has 6 nitrogen and oxygen atoms in total. The van der Waals surface area contributed by atoms with Gasteiger partial charge in [0.25, 0.3) is 0 Å². The first-order chi connectivity index (χ1) is 28.0. The molecule has 0 aromatic rings. The number of hydrogen-bond acceptors (Lipinski definition) is 6. The summed E-state index contributed by atoms with van der Waals surface area (Å²) in [7, 11) is 0. The van der Waals surface area contributed by atoms with Gasteiger partial charge in [0, 0.05) is 19.3 Å². The second-order valence-corrected chi connectivity index (χ2v) is 15.0. The zero-order chi connectivity index (χ0) is 41.5. The summed E-state index contributed by atoms with van der Waals surface area (Å²) < 4.78 is 16.7. The SMILES string of the molecule is CC\C=C/C=C\C=C/C=C\C=C/CCCCCC(=O)OCC(COC(=O)CCCCCCCCCCCC)OC(=O)CCCCCCCCC/C=C\C/C=C\CC. The summed E-state index contributed by atoms with van der Waals surface area (Å²) in [6, 6.07) is 0. The fourth-order valence-corrected chi connectivity index (χ4v) is 6.09. The normalized spacial score (nSPS) is 12.8. The topological polar surface area (TPSA) is 78.9 Å². The van der Waals surface area contributed by atoms with Crippen LogP contribution in [0.1, 0.15) is 201 Å². The lowest BCUT2D eigenvalue weighted by atomic mass is 10.1. The molecule has 0 N–H and O–H groups in total. The summed E-state index contributed by atoms with van der Waals surface area (Å²) in [5.74, 6) is -0.953. The third kappa shape index (κ3) is 43.6. The Morgan fingerprint density at radius 1 is 0.386 bits per heavy atom. The van der Waals surface area contributed by atoms with Crippen LogP contribution in [-0.4, -0.2) is 37.2 Å². The van der Waals surface area contributed by atoms with Crippen molar-refractivity contribution in [1.29, 1.82) is 0 Å². The van der Waals surface area contributed by atoms with E-state index in [0.717, 1.165) is 89.9 Å². The Balaban J connectivity index is 4.47. The highest BCUT2D eigenvalue weighted by Crippen LogP contribution is 2.14. The monoisotopic (exact) mass is 793 g/mol. The van der Waals surface area contributed by atoms with Crippen molar-refractivity contribution in [3.63, 3.8) is 0 Å². The third-order valence-electron chi connectivity index (χ3n) is 9.52. The van der Waals surface area contributed by atoms with Gasteiger partial charge in [-0.1, -0.05) is 202 Å². The van der Waals surface area contributed by atoms with Gasteiger partial charge in [-0.05, 0) is 64.2 Å². The van der Waals surface area contributed by atoms with Crippen molar-refractivity contribution >= 4 is 17.9 Å². The number of hydrogen-bond donors (Lipinski definition) is 0. The highest BCUT2D eigenvalue weighted by Gasteiger charge is 2.19. The van der Waals surface area contributed by atoms with E-state index in [1.54, 1.807) is 0 Å². The van der Waals surface area contributed by atoms with E-state index in [0.29, 0.717) is 19.3 Å². The van der Waals surface area contributed by atoms with Crippen LogP contribution in [0.15, 0.2) is 85.1 Å². The number of unbranched alkanes of at least 4 members (excludes halogenated alkanes) is 19. The highest BCUT2D eigenvalue weighted by atomic mass is 16.6. The van der Waals surface area contributed by atoms with Gasteiger partial charge >= 0.3 is 17.9 Å². The molecule has 6 heteroatoms. The van der Waals surface area contributed by atoms with Crippen LogP contribution in [0.3, 0.4) is 0 Å². The predicted molar refractivity (Wildman–Crippen MR) is 242 cm³/mol. The Labute approximate surface area is 350 Å². The van der Waals surface area contributed by atoms with Crippen LogP contribution in [0.5, 0.6) is 0 Å². The standard InChI is InChI=1S/C51H84O6/c1-4-7-10-13-16-19-22-24-26-28-29-32-35-38-41-44-50(53)56-47-48(46-55-49(52)43-40-37-34-31-21-18-15-12-9-6-3)57-51(54)45-42-39-36-33-30-27-25-23-20-17-14-11-8-5-2/h7-8,10-11,13,16-17,19-20,22,24,26,28-29,48H,4-6,9,12,14-15,18,21,23,25,27,30-47H2,1-3H3/b10-7-,11-8-,16-13-,20-17-,22-19-,26-24-,29-28-. The van der Waals surface area contributed by atoms with Crippen molar-refractivity contribution < 1.29 is 28.6 Å². The third-order valence-corrected chi connectivity index (χ3v) is 9.52. The molecule has 1 unspecified atom stereocenters. The molecule has 0 aromatic carbocycles. The van der Waals surface area contributed by atoms with E-state index < -0.39 is 6.10 Å². The second kappa shape index (κ2) is 45.3. The lowest BCUT2D eigenvalue weighted by molar-refractivity contribution is -0.167. The molecular formula is C51H84O6. The van der Waals surface area contributed by atoms with Gasteiger partial charge in [0.2, 0.25) is 0 Å². The smallest absolute Gasteiger partial charge is 0.306 e. The summed E-state index contributed by atoms with van der Waals surface area (Å²) in [4.78, 5) is 37.8.